The molecule has 0 aliphatic carbocycles. The molecule has 0 aliphatic heterocycles. The lowest BCUT2D eigenvalue weighted by atomic mass is 10.3. The van der Waals surface area contributed by atoms with E-state index in [1.54, 1.807) is 11.6 Å². The standard InChI is InChI=1S/C13H18N8O6S/c1-5-27-10(22)8-6-14-21(3)9(8)19-28(24,25)20-12(23)17-11-15-7(2)16-13(18-11)26-4/h6,19H,5H2,1-4H3,(H2,15,16,17,18,20,23). The van der Waals surface area contributed by atoms with Crippen LogP contribution in [-0.2, 0) is 22.0 Å². The van der Waals surface area contributed by atoms with E-state index in [4.69, 9.17) is 9.47 Å². The van der Waals surface area contributed by atoms with Crippen molar-refractivity contribution < 1.29 is 27.5 Å². The number of rotatable bonds is 7. The topological polar surface area (TPSA) is 179 Å². The zero-order valence-corrected chi connectivity index (χ0v) is 16.2. The first-order chi connectivity index (χ1) is 13.1. The molecule has 0 aliphatic rings. The number of nitrogens with one attached hydrogen (secondary N) is 3. The molecule has 2 rings (SSSR count). The van der Waals surface area contributed by atoms with Gasteiger partial charge in [0.2, 0.25) is 5.95 Å². The highest BCUT2D eigenvalue weighted by Gasteiger charge is 2.23. The molecule has 2 aromatic heterocycles. The number of carbonyl (C=O) groups is 2. The van der Waals surface area contributed by atoms with E-state index >= 15 is 0 Å². The number of nitrogens with zero attached hydrogens (tertiary/aromatic N) is 5. The molecule has 0 saturated carbocycles. The number of amides is 2. The summed E-state index contributed by atoms with van der Waals surface area (Å²) in [7, 11) is -1.70. The normalized spacial score (nSPS) is 10.9. The molecule has 0 radical (unpaired) electrons. The van der Waals surface area contributed by atoms with E-state index in [1.165, 1.54) is 21.1 Å². The number of esters is 1. The Morgan fingerprint density at radius 1 is 1.25 bits per heavy atom. The van der Waals surface area contributed by atoms with Crippen molar-refractivity contribution in [2.45, 2.75) is 13.8 Å². The van der Waals surface area contributed by atoms with Crippen molar-refractivity contribution in [1.29, 1.82) is 0 Å². The van der Waals surface area contributed by atoms with Gasteiger partial charge in [-0.15, -0.1) is 0 Å². The van der Waals surface area contributed by atoms with Gasteiger partial charge < -0.3 is 9.47 Å². The van der Waals surface area contributed by atoms with E-state index < -0.39 is 22.2 Å². The average Bonchev–Trinajstić information content (AvgIpc) is 2.94. The molecule has 0 fully saturated rings. The highest BCUT2D eigenvalue weighted by Crippen LogP contribution is 2.16. The van der Waals surface area contributed by atoms with Crippen LogP contribution in [0.15, 0.2) is 6.20 Å². The Morgan fingerprint density at radius 2 is 1.96 bits per heavy atom. The number of urea groups is 1. The fraction of sp³-hybridized carbons (Fsp3) is 0.385. The number of aryl methyl sites for hydroxylation is 2. The van der Waals surface area contributed by atoms with Crippen molar-refractivity contribution in [3.63, 3.8) is 0 Å². The number of ether oxygens (including phenoxy) is 2. The minimum Gasteiger partial charge on any atom is -0.467 e. The SMILES string of the molecule is CCOC(=O)c1cnn(C)c1NS(=O)(=O)NC(=O)Nc1nc(C)nc(OC)n1. The second-order valence-corrected chi connectivity index (χ2v) is 6.52. The van der Waals surface area contributed by atoms with Crippen molar-refractivity contribution in [2.24, 2.45) is 7.05 Å². The first-order valence-electron chi connectivity index (χ1n) is 7.72. The zero-order chi connectivity index (χ0) is 20.9. The van der Waals surface area contributed by atoms with Gasteiger partial charge in [-0.05, 0) is 13.8 Å². The first-order valence-corrected chi connectivity index (χ1v) is 9.20. The van der Waals surface area contributed by atoms with Crippen molar-refractivity contribution in [3.8, 4) is 6.01 Å². The van der Waals surface area contributed by atoms with Crippen LogP contribution in [0.5, 0.6) is 6.01 Å². The average molecular weight is 414 g/mol. The molecule has 3 N–H and O–H groups in total. The maximum Gasteiger partial charge on any atom is 0.343 e. The number of hydrogen-bond acceptors (Lipinski definition) is 10. The molecular formula is C13H18N8O6S. The Morgan fingerprint density at radius 3 is 2.61 bits per heavy atom. The summed E-state index contributed by atoms with van der Waals surface area (Å²) in [6.45, 7) is 3.22. The lowest BCUT2D eigenvalue weighted by Crippen LogP contribution is -2.39. The summed E-state index contributed by atoms with van der Waals surface area (Å²) in [5.41, 5.74) is -0.118. The van der Waals surface area contributed by atoms with Crippen LogP contribution < -0.4 is 19.5 Å². The summed E-state index contributed by atoms with van der Waals surface area (Å²) in [4.78, 5) is 35.3. The smallest absolute Gasteiger partial charge is 0.343 e. The molecule has 0 unspecified atom stereocenters. The zero-order valence-electron chi connectivity index (χ0n) is 15.4. The summed E-state index contributed by atoms with van der Waals surface area (Å²) in [6, 6.07) is -1.21. The molecule has 15 heteroatoms. The highest BCUT2D eigenvalue weighted by molar-refractivity contribution is 7.91. The Balaban J connectivity index is 2.12. The van der Waals surface area contributed by atoms with Crippen LogP contribution in [0.25, 0.3) is 0 Å². The second-order valence-electron chi connectivity index (χ2n) is 5.11. The van der Waals surface area contributed by atoms with Gasteiger partial charge >= 0.3 is 28.2 Å². The third-order valence-corrected chi connectivity index (χ3v) is 3.94. The van der Waals surface area contributed by atoms with Gasteiger partial charge in [0, 0.05) is 7.05 Å². The van der Waals surface area contributed by atoms with Crippen molar-refractivity contribution in [3.05, 3.63) is 17.6 Å². The molecule has 0 saturated heterocycles. The van der Waals surface area contributed by atoms with E-state index in [0.717, 1.165) is 10.9 Å². The maximum atomic E-state index is 12.2. The Bertz CT molecular complexity index is 989. The van der Waals surface area contributed by atoms with E-state index in [-0.39, 0.29) is 35.8 Å². The summed E-state index contributed by atoms with van der Waals surface area (Å²) in [6.07, 6.45) is 1.13. The largest absolute Gasteiger partial charge is 0.467 e. The lowest BCUT2D eigenvalue weighted by molar-refractivity contribution is 0.0527. The van der Waals surface area contributed by atoms with Crippen LogP contribution in [0.3, 0.4) is 0 Å². The van der Waals surface area contributed by atoms with Gasteiger partial charge in [0.1, 0.15) is 11.4 Å². The predicted octanol–water partition coefficient (Wildman–Crippen LogP) is -0.423. The Kier molecular flexibility index (Phi) is 6.29. The second kappa shape index (κ2) is 8.47. The van der Waals surface area contributed by atoms with Gasteiger partial charge in [0.05, 0.1) is 19.9 Å². The Hall–Kier alpha value is -3.49. The molecule has 2 amide bonds. The first kappa shape index (κ1) is 20.8. The molecule has 0 aromatic carbocycles. The van der Waals surface area contributed by atoms with Gasteiger partial charge in [-0.1, -0.05) is 0 Å². The summed E-state index contributed by atoms with van der Waals surface area (Å²) in [5, 5.41) is 5.94. The molecule has 152 valence electrons. The van der Waals surface area contributed by atoms with E-state index in [0.29, 0.717) is 0 Å². The molecular weight excluding hydrogens is 396 g/mol. The van der Waals surface area contributed by atoms with E-state index in [2.05, 4.69) is 25.4 Å². The minimum atomic E-state index is -4.43. The van der Waals surface area contributed by atoms with E-state index in [9.17, 15) is 18.0 Å². The van der Waals surface area contributed by atoms with Gasteiger partial charge in [-0.2, -0.15) is 28.5 Å². The molecule has 0 spiro atoms. The van der Waals surface area contributed by atoms with Crippen LogP contribution in [0.1, 0.15) is 23.1 Å². The van der Waals surface area contributed by atoms with Gasteiger partial charge in [0.15, 0.2) is 5.82 Å². The number of aromatic nitrogens is 5. The molecule has 0 atom stereocenters. The number of anilines is 2. The van der Waals surface area contributed by atoms with Gasteiger partial charge in [0.25, 0.3) is 0 Å². The molecule has 0 bridgehead atoms. The van der Waals surface area contributed by atoms with Crippen LogP contribution in [0.2, 0.25) is 0 Å². The fourth-order valence-corrected chi connectivity index (χ4v) is 2.77. The Labute approximate surface area is 159 Å². The van der Waals surface area contributed by atoms with Crippen molar-refractivity contribution in [1.82, 2.24) is 29.5 Å². The summed E-state index contributed by atoms with van der Waals surface area (Å²) in [5.74, 6) is -0.927. The molecule has 14 nitrogen and oxygen atoms in total. The number of methoxy groups -OCH3 is 1. The van der Waals surface area contributed by atoms with Crippen molar-refractivity contribution in [2.75, 3.05) is 23.8 Å². The molecule has 2 aromatic rings. The third kappa shape index (κ3) is 5.26. The van der Waals surface area contributed by atoms with Gasteiger partial charge in [-0.25, -0.2) is 19.0 Å². The number of hydrogen-bond donors (Lipinski definition) is 3. The van der Waals surface area contributed by atoms with Crippen LogP contribution in [0.4, 0.5) is 16.6 Å². The van der Waals surface area contributed by atoms with Crippen molar-refractivity contribution >= 4 is 34.0 Å². The highest BCUT2D eigenvalue weighted by atomic mass is 32.2. The quantitative estimate of drug-likeness (QED) is 0.503. The third-order valence-electron chi connectivity index (χ3n) is 3.03. The maximum absolute atomic E-state index is 12.2. The van der Waals surface area contributed by atoms with Crippen LogP contribution >= 0.6 is 0 Å². The minimum absolute atomic E-state index is 0.0576. The van der Waals surface area contributed by atoms with E-state index in [1.807, 2.05) is 4.72 Å². The lowest BCUT2D eigenvalue weighted by Gasteiger charge is -2.11. The fourth-order valence-electron chi connectivity index (χ4n) is 1.92. The molecule has 2 heterocycles. The summed E-state index contributed by atoms with van der Waals surface area (Å²) < 4.78 is 39.0. The predicted molar refractivity (Wildman–Crippen MR) is 95.0 cm³/mol. The monoisotopic (exact) mass is 414 g/mol. The van der Waals surface area contributed by atoms with Crippen LogP contribution in [-0.4, -0.2) is 58.9 Å². The molecule has 28 heavy (non-hydrogen) atoms. The van der Waals surface area contributed by atoms with Crippen LogP contribution in [0, 0.1) is 6.92 Å². The summed E-state index contributed by atoms with van der Waals surface area (Å²) >= 11 is 0. The van der Waals surface area contributed by atoms with Gasteiger partial charge in [-0.3, -0.25) is 10.00 Å². The number of carbonyl (C=O) groups excluding carboxylic acids is 2.